The van der Waals surface area contributed by atoms with Crippen LogP contribution in [0.1, 0.15) is 24.0 Å². The van der Waals surface area contributed by atoms with Crippen LogP contribution in [0.5, 0.6) is 5.75 Å². The topological polar surface area (TPSA) is 53.0 Å². The number of β-amino-alcohol motifs (C(OH)–C–C–N with tert-alkyl or cyclic N) is 1. The molecule has 0 saturated carbocycles. The lowest BCUT2D eigenvalue weighted by Gasteiger charge is -2.49. The van der Waals surface area contributed by atoms with Gasteiger partial charge < -0.3 is 14.7 Å². The summed E-state index contributed by atoms with van der Waals surface area (Å²) in [5.41, 5.74) is 1.65. The maximum Gasteiger partial charge on any atom is 0.222 e. The van der Waals surface area contributed by atoms with Gasteiger partial charge in [0.15, 0.2) is 0 Å². The summed E-state index contributed by atoms with van der Waals surface area (Å²) >= 11 is 0. The highest BCUT2D eigenvalue weighted by Crippen LogP contribution is 2.37. The van der Waals surface area contributed by atoms with Crippen molar-refractivity contribution in [3.05, 3.63) is 65.7 Å². The molecule has 3 rings (SSSR count). The van der Waals surface area contributed by atoms with E-state index in [1.54, 1.807) is 12.0 Å². The highest BCUT2D eigenvalue weighted by Gasteiger charge is 2.46. The van der Waals surface area contributed by atoms with Gasteiger partial charge in [-0.3, -0.25) is 9.69 Å². The molecule has 1 aliphatic heterocycles. The van der Waals surface area contributed by atoms with E-state index in [1.165, 1.54) is 0 Å². The average molecular weight is 383 g/mol. The van der Waals surface area contributed by atoms with Crippen molar-refractivity contribution in [1.29, 1.82) is 0 Å². The quantitative estimate of drug-likeness (QED) is 0.835. The number of nitrogens with zero attached hydrogens (tertiary/aromatic N) is 2. The second-order valence-corrected chi connectivity index (χ2v) is 7.60. The summed E-state index contributed by atoms with van der Waals surface area (Å²) in [6.45, 7) is 0.979. The fourth-order valence-corrected chi connectivity index (χ4v) is 4.30. The number of rotatable bonds is 6. The Hall–Kier alpha value is -2.37. The molecule has 0 radical (unpaired) electrons. The molecule has 1 heterocycles. The number of amides is 1. The third kappa shape index (κ3) is 3.91. The predicted octanol–water partition coefficient (Wildman–Crippen LogP) is 2.68. The van der Waals surface area contributed by atoms with Crippen LogP contribution >= 0.6 is 0 Å². The number of carbonyl (C=O) groups is 1. The first-order chi connectivity index (χ1) is 13.5. The molecule has 1 aliphatic rings. The number of hydrogen-bond acceptors (Lipinski definition) is 4. The van der Waals surface area contributed by atoms with Crippen LogP contribution in [-0.2, 0) is 16.8 Å². The number of piperidine rings is 1. The Balaban J connectivity index is 1.68. The molecule has 0 aromatic heterocycles. The first-order valence-corrected chi connectivity index (χ1v) is 9.79. The van der Waals surface area contributed by atoms with E-state index in [9.17, 15) is 9.90 Å². The molecule has 0 bridgehead atoms. The number of aliphatic hydroxyl groups is 1. The van der Waals surface area contributed by atoms with Crippen LogP contribution < -0.4 is 4.74 Å². The summed E-state index contributed by atoms with van der Waals surface area (Å²) in [6, 6.07) is 17.9. The van der Waals surface area contributed by atoms with Crippen LogP contribution in [-0.4, -0.2) is 61.2 Å². The minimum atomic E-state index is -0.645. The van der Waals surface area contributed by atoms with Gasteiger partial charge in [0.1, 0.15) is 5.75 Å². The highest BCUT2D eigenvalue weighted by atomic mass is 16.5. The van der Waals surface area contributed by atoms with Crippen molar-refractivity contribution in [2.75, 3.05) is 34.3 Å². The minimum Gasteiger partial charge on any atom is -0.496 e. The predicted molar refractivity (Wildman–Crippen MR) is 110 cm³/mol. The fraction of sp³-hybridized carbons (Fsp3) is 0.435. The van der Waals surface area contributed by atoms with Crippen molar-refractivity contribution in [1.82, 2.24) is 9.80 Å². The molecular formula is C23H30N2O3. The number of likely N-dealkylation sites (tertiary alicyclic amines) is 1. The molecule has 2 aromatic carbocycles. The zero-order valence-electron chi connectivity index (χ0n) is 17.0. The second kappa shape index (κ2) is 8.76. The third-order valence-electron chi connectivity index (χ3n) is 5.93. The number of hydrogen-bond donors (Lipinski definition) is 1. The first-order valence-electron chi connectivity index (χ1n) is 9.79. The molecule has 0 spiro atoms. The fourth-order valence-electron chi connectivity index (χ4n) is 4.30. The Morgan fingerprint density at radius 1 is 1.18 bits per heavy atom. The Morgan fingerprint density at radius 3 is 2.50 bits per heavy atom. The molecular weight excluding hydrogens is 352 g/mol. The van der Waals surface area contributed by atoms with Crippen LogP contribution in [0.4, 0.5) is 0 Å². The van der Waals surface area contributed by atoms with Gasteiger partial charge in [-0.1, -0.05) is 48.5 Å². The normalized spacial score (nSPS) is 22.3. The van der Waals surface area contributed by atoms with Gasteiger partial charge in [-0.15, -0.1) is 0 Å². The maximum absolute atomic E-state index is 12.8. The summed E-state index contributed by atoms with van der Waals surface area (Å²) < 4.78 is 5.37. The molecule has 1 N–H and O–H groups in total. The lowest BCUT2D eigenvalue weighted by atomic mass is 9.77. The van der Waals surface area contributed by atoms with E-state index in [0.29, 0.717) is 32.4 Å². The van der Waals surface area contributed by atoms with Gasteiger partial charge in [-0.25, -0.2) is 0 Å². The Kier molecular flexibility index (Phi) is 6.37. The van der Waals surface area contributed by atoms with Crippen molar-refractivity contribution in [2.45, 2.75) is 30.9 Å². The third-order valence-corrected chi connectivity index (χ3v) is 5.93. The van der Waals surface area contributed by atoms with Gasteiger partial charge in [0.05, 0.1) is 18.8 Å². The van der Waals surface area contributed by atoms with E-state index in [-0.39, 0.29) is 5.91 Å². The molecule has 150 valence electrons. The van der Waals surface area contributed by atoms with Crippen LogP contribution in [0, 0.1) is 0 Å². The molecule has 1 amide bonds. The molecule has 0 aliphatic carbocycles. The van der Waals surface area contributed by atoms with E-state index in [4.69, 9.17) is 4.74 Å². The van der Waals surface area contributed by atoms with Gasteiger partial charge in [0.2, 0.25) is 5.91 Å². The summed E-state index contributed by atoms with van der Waals surface area (Å²) in [5.74, 6) is 0.884. The smallest absolute Gasteiger partial charge is 0.222 e. The van der Waals surface area contributed by atoms with Crippen LogP contribution in [0.2, 0.25) is 0 Å². The summed E-state index contributed by atoms with van der Waals surface area (Å²) in [5, 5.41) is 11.1. The van der Waals surface area contributed by atoms with Crippen molar-refractivity contribution >= 4 is 5.91 Å². The van der Waals surface area contributed by atoms with Gasteiger partial charge in [0.25, 0.3) is 0 Å². The Bertz CT molecular complexity index is 793. The van der Waals surface area contributed by atoms with E-state index < -0.39 is 11.6 Å². The maximum atomic E-state index is 12.8. The lowest BCUT2D eigenvalue weighted by molar-refractivity contribution is -0.140. The molecule has 1 fully saturated rings. The molecule has 0 unspecified atom stereocenters. The van der Waals surface area contributed by atoms with Crippen LogP contribution in [0.3, 0.4) is 0 Å². The van der Waals surface area contributed by atoms with Crippen molar-refractivity contribution in [3.63, 3.8) is 0 Å². The largest absolute Gasteiger partial charge is 0.496 e. The highest BCUT2D eigenvalue weighted by molar-refractivity contribution is 5.76. The van der Waals surface area contributed by atoms with Crippen LogP contribution in [0.25, 0.3) is 0 Å². The average Bonchev–Trinajstić information content (AvgIpc) is 2.72. The molecule has 1 saturated heterocycles. The number of carbonyl (C=O) groups excluding carboxylic acids is 1. The van der Waals surface area contributed by atoms with Crippen molar-refractivity contribution in [2.24, 2.45) is 0 Å². The van der Waals surface area contributed by atoms with Gasteiger partial charge >= 0.3 is 0 Å². The number of aryl methyl sites for hydroxylation is 1. The van der Waals surface area contributed by atoms with Crippen molar-refractivity contribution in [3.8, 4) is 5.75 Å². The number of para-hydroxylation sites is 1. The molecule has 5 heteroatoms. The summed E-state index contributed by atoms with van der Waals surface area (Å²) in [7, 11) is 5.64. The Morgan fingerprint density at radius 2 is 1.86 bits per heavy atom. The zero-order valence-corrected chi connectivity index (χ0v) is 17.0. The second-order valence-electron chi connectivity index (χ2n) is 7.60. The van der Waals surface area contributed by atoms with Crippen molar-refractivity contribution < 1.29 is 14.6 Å². The lowest BCUT2D eigenvalue weighted by Crippen LogP contribution is -2.60. The van der Waals surface area contributed by atoms with E-state index in [0.717, 1.165) is 16.9 Å². The molecule has 5 nitrogen and oxygen atoms in total. The van der Waals surface area contributed by atoms with Gasteiger partial charge in [0, 0.05) is 19.5 Å². The first kappa shape index (κ1) is 20.4. The SMILES string of the molecule is COc1ccccc1CCC(=O)N1CC[C@@](c2ccccc2)(N(C)C)[C@H](O)C1. The number of aliphatic hydroxyl groups excluding tert-OH is 1. The van der Waals surface area contributed by atoms with Crippen LogP contribution in [0.15, 0.2) is 54.6 Å². The summed E-state index contributed by atoms with van der Waals surface area (Å²) in [6.07, 6.45) is 1.10. The standard InChI is InChI=1S/C23H30N2O3/c1-24(2)23(19-10-5-4-6-11-19)15-16-25(17-21(23)26)22(27)14-13-18-9-7-8-12-20(18)28-3/h4-12,21,26H,13-17H2,1-3H3/t21-,23+/m1/s1. The number of benzene rings is 2. The molecule has 28 heavy (non-hydrogen) atoms. The number of ether oxygens (including phenoxy) is 1. The number of methoxy groups -OCH3 is 1. The Labute approximate surface area is 167 Å². The molecule has 2 atom stereocenters. The summed E-state index contributed by atoms with van der Waals surface area (Å²) in [4.78, 5) is 16.7. The van der Waals surface area contributed by atoms with E-state index >= 15 is 0 Å². The van der Waals surface area contributed by atoms with Gasteiger partial charge in [-0.05, 0) is 44.1 Å². The van der Waals surface area contributed by atoms with E-state index in [1.807, 2.05) is 56.6 Å². The zero-order chi connectivity index (χ0) is 20.1. The van der Waals surface area contributed by atoms with Gasteiger partial charge in [-0.2, -0.15) is 0 Å². The minimum absolute atomic E-state index is 0.0744. The van der Waals surface area contributed by atoms with E-state index in [2.05, 4.69) is 17.0 Å². The monoisotopic (exact) mass is 382 g/mol. The number of likely N-dealkylation sites (N-methyl/N-ethyl adjacent to an activating group) is 1. The molecule has 2 aromatic rings.